The van der Waals surface area contributed by atoms with Crippen LogP contribution < -0.4 is 0 Å². The third-order valence-corrected chi connectivity index (χ3v) is 0.805. The van der Waals surface area contributed by atoms with Crippen molar-refractivity contribution in [3.05, 3.63) is 0 Å². The summed E-state index contributed by atoms with van der Waals surface area (Å²) in [7, 11) is 7.32. The Kier molecular flexibility index (Phi) is 4.37. The van der Waals surface area contributed by atoms with E-state index in [1.165, 1.54) is 0 Å². The van der Waals surface area contributed by atoms with Crippen LogP contribution in [0.1, 0.15) is 13.8 Å². The van der Waals surface area contributed by atoms with E-state index >= 15 is 0 Å². The van der Waals surface area contributed by atoms with Gasteiger partial charge in [0.25, 0.3) is 0 Å². The molecule has 0 aromatic rings. The Morgan fingerprint density at radius 2 is 2.14 bits per heavy atom. The first-order valence-electron chi connectivity index (χ1n) is 2.79. The molecule has 0 saturated heterocycles. The lowest BCUT2D eigenvalue weighted by Crippen LogP contribution is -1.93. The third kappa shape index (κ3) is 6.13. The standard InChI is InChI=1S/C5H11B2/c1-5(2)3-7-4-6/h5H,3-4H2,1-2H3. The first kappa shape index (κ1) is 7.13. The fourth-order valence-corrected chi connectivity index (χ4v) is 0.430. The smallest absolute Gasteiger partial charge is 0.100 e. The van der Waals surface area contributed by atoms with Crippen LogP contribution in [0.2, 0.25) is 12.5 Å². The Hall–Kier alpha value is 0.130. The predicted molar refractivity (Wildman–Crippen MR) is 36.0 cm³/mol. The topological polar surface area (TPSA) is 0 Å². The molecule has 0 rings (SSSR count). The van der Waals surface area contributed by atoms with Gasteiger partial charge in [0, 0.05) is 0 Å². The molecule has 2 heteroatoms. The maximum absolute atomic E-state index is 5.22. The Morgan fingerprint density at radius 1 is 1.57 bits per heavy atom. The van der Waals surface area contributed by atoms with Gasteiger partial charge in [-0.05, 0) is 0 Å². The molecule has 0 aliphatic rings. The number of rotatable bonds is 3. The monoisotopic (exact) mass is 93.1 g/mol. The van der Waals surface area contributed by atoms with E-state index in [1.54, 1.807) is 0 Å². The highest BCUT2D eigenvalue weighted by atomic mass is 13.8. The highest BCUT2D eigenvalue weighted by molar-refractivity contribution is 6.47. The molecule has 0 unspecified atom stereocenters. The van der Waals surface area contributed by atoms with Crippen LogP contribution in [0.3, 0.4) is 0 Å². The van der Waals surface area contributed by atoms with Gasteiger partial charge in [-0.15, -0.1) is 6.22 Å². The Bertz CT molecular complexity index is 35.1. The normalized spacial score (nSPS) is 9.57. The summed E-state index contributed by atoms with van der Waals surface area (Å²) >= 11 is 0. The van der Waals surface area contributed by atoms with Crippen molar-refractivity contribution >= 4 is 15.1 Å². The van der Waals surface area contributed by atoms with Gasteiger partial charge in [-0.1, -0.05) is 26.1 Å². The Labute approximate surface area is 48.3 Å². The van der Waals surface area contributed by atoms with E-state index in [1.807, 2.05) is 0 Å². The second-order valence-electron chi connectivity index (χ2n) is 2.15. The minimum atomic E-state index is 0.720. The molecule has 7 heavy (non-hydrogen) atoms. The molecule has 3 radical (unpaired) electrons. The lowest BCUT2D eigenvalue weighted by molar-refractivity contribution is 0.731. The van der Waals surface area contributed by atoms with Gasteiger partial charge in [-0.3, -0.25) is 0 Å². The van der Waals surface area contributed by atoms with Gasteiger partial charge < -0.3 is 0 Å². The number of hydrogen-bond donors (Lipinski definition) is 0. The van der Waals surface area contributed by atoms with Crippen LogP contribution in [0.15, 0.2) is 0 Å². The van der Waals surface area contributed by atoms with Gasteiger partial charge in [0.15, 0.2) is 0 Å². The van der Waals surface area contributed by atoms with Gasteiger partial charge in [-0.25, -0.2) is 0 Å². The second-order valence-corrected chi connectivity index (χ2v) is 2.15. The molecule has 0 atom stereocenters. The van der Waals surface area contributed by atoms with Gasteiger partial charge in [-0.2, -0.15) is 0 Å². The average molecular weight is 92.8 g/mol. The van der Waals surface area contributed by atoms with E-state index in [4.69, 9.17) is 7.85 Å². The Balaban J connectivity index is 2.68. The quantitative estimate of drug-likeness (QED) is 0.461. The summed E-state index contributed by atoms with van der Waals surface area (Å²) in [5.74, 6) is 0.767. The minimum absolute atomic E-state index is 0.720. The van der Waals surface area contributed by atoms with Gasteiger partial charge in [0.2, 0.25) is 0 Å². The van der Waals surface area contributed by atoms with Crippen molar-refractivity contribution in [2.24, 2.45) is 5.92 Å². The molecule has 0 aromatic carbocycles. The van der Waals surface area contributed by atoms with Crippen molar-refractivity contribution < 1.29 is 0 Å². The van der Waals surface area contributed by atoms with Gasteiger partial charge >= 0.3 is 0 Å². The highest BCUT2D eigenvalue weighted by Gasteiger charge is 1.90. The molecule has 0 bridgehead atoms. The fourth-order valence-electron chi connectivity index (χ4n) is 0.430. The molecule has 37 valence electrons. The lowest BCUT2D eigenvalue weighted by Gasteiger charge is -1.97. The molecule has 0 saturated carbocycles. The highest BCUT2D eigenvalue weighted by Crippen LogP contribution is 1.98. The second kappa shape index (κ2) is 4.29. The van der Waals surface area contributed by atoms with E-state index in [-0.39, 0.29) is 0 Å². The van der Waals surface area contributed by atoms with Crippen molar-refractivity contribution in [2.45, 2.75) is 26.4 Å². The maximum atomic E-state index is 5.22. The van der Waals surface area contributed by atoms with Gasteiger partial charge in [0.05, 0.1) is 7.85 Å². The van der Waals surface area contributed by atoms with Gasteiger partial charge in [0.1, 0.15) is 7.28 Å². The zero-order valence-corrected chi connectivity index (χ0v) is 5.15. The molecule has 0 nitrogen and oxygen atoms in total. The minimum Gasteiger partial charge on any atom is -0.114 e. The first-order chi connectivity index (χ1) is 3.27. The van der Waals surface area contributed by atoms with E-state index < -0.39 is 0 Å². The van der Waals surface area contributed by atoms with Crippen LogP contribution in [0.4, 0.5) is 0 Å². The molecule has 0 fully saturated rings. The van der Waals surface area contributed by atoms with Crippen LogP contribution >= 0.6 is 0 Å². The first-order valence-corrected chi connectivity index (χ1v) is 2.79. The van der Waals surface area contributed by atoms with Crippen LogP contribution in [0, 0.1) is 5.92 Å². The van der Waals surface area contributed by atoms with E-state index in [0.29, 0.717) is 0 Å². The van der Waals surface area contributed by atoms with Crippen LogP contribution in [-0.4, -0.2) is 15.1 Å². The summed E-state index contributed by atoms with van der Waals surface area (Å²) in [6, 6.07) is 0. The molecular formula is C5H11B2. The summed E-state index contributed by atoms with van der Waals surface area (Å²) < 4.78 is 0. The van der Waals surface area contributed by atoms with Crippen LogP contribution in [0.25, 0.3) is 0 Å². The fraction of sp³-hybridized carbons (Fsp3) is 1.00. The summed E-state index contributed by atoms with van der Waals surface area (Å²) in [5.41, 5.74) is 0. The summed E-state index contributed by atoms with van der Waals surface area (Å²) in [4.78, 5) is 0. The molecule has 0 N–H and O–H groups in total. The predicted octanol–water partition coefficient (Wildman–Crippen LogP) is 1.31. The van der Waals surface area contributed by atoms with Crippen molar-refractivity contribution in [1.29, 1.82) is 0 Å². The average Bonchev–Trinajstić information content (AvgIpc) is 1.61. The largest absolute Gasteiger partial charge is 0.114 e. The summed E-state index contributed by atoms with van der Waals surface area (Å²) in [6.07, 6.45) is 1.87. The Morgan fingerprint density at radius 3 is 2.29 bits per heavy atom. The summed E-state index contributed by atoms with van der Waals surface area (Å²) in [6.45, 7) is 4.37. The third-order valence-electron chi connectivity index (χ3n) is 0.805. The number of hydrogen-bond acceptors (Lipinski definition) is 0. The van der Waals surface area contributed by atoms with E-state index in [0.717, 1.165) is 18.5 Å². The van der Waals surface area contributed by atoms with Crippen LogP contribution in [0.5, 0.6) is 0 Å². The SMILES string of the molecule is [B]C[B]CC(C)C. The van der Waals surface area contributed by atoms with Crippen molar-refractivity contribution in [1.82, 2.24) is 0 Å². The van der Waals surface area contributed by atoms with Crippen molar-refractivity contribution in [3.63, 3.8) is 0 Å². The zero-order valence-electron chi connectivity index (χ0n) is 5.15. The molecule has 0 aromatic heterocycles. The molecule has 0 spiro atoms. The lowest BCUT2D eigenvalue weighted by atomic mass is 9.61. The zero-order chi connectivity index (χ0) is 5.70. The molecule has 0 aliphatic heterocycles. The van der Waals surface area contributed by atoms with Crippen LogP contribution in [-0.2, 0) is 0 Å². The van der Waals surface area contributed by atoms with E-state index in [2.05, 4.69) is 21.1 Å². The van der Waals surface area contributed by atoms with E-state index in [9.17, 15) is 0 Å². The molecule has 0 amide bonds. The summed E-state index contributed by atoms with van der Waals surface area (Å²) in [5, 5.41) is 0. The molecule has 0 aliphatic carbocycles. The maximum Gasteiger partial charge on any atom is 0.100 e. The van der Waals surface area contributed by atoms with Crippen molar-refractivity contribution in [3.8, 4) is 0 Å². The van der Waals surface area contributed by atoms with Crippen molar-refractivity contribution in [2.75, 3.05) is 0 Å². The molecular weight excluding hydrogens is 81.7 g/mol. The molecule has 0 heterocycles.